The van der Waals surface area contributed by atoms with Crippen LogP contribution in [0.3, 0.4) is 0 Å². The molecule has 4 heteroatoms. The maximum Gasteiger partial charge on any atom is 0.108 e. The highest BCUT2D eigenvalue weighted by Crippen LogP contribution is 2.18. The fraction of sp³-hybridized carbons (Fsp3) is 0.917. The summed E-state index contributed by atoms with van der Waals surface area (Å²) in [6.07, 6.45) is 1.06. The van der Waals surface area contributed by atoms with Gasteiger partial charge in [0.2, 0.25) is 0 Å². The van der Waals surface area contributed by atoms with Crippen molar-refractivity contribution in [1.29, 1.82) is 5.26 Å². The Bertz CT molecular complexity index is 247. The summed E-state index contributed by atoms with van der Waals surface area (Å²) in [6, 6.07) is 2.26. The van der Waals surface area contributed by atoms with Crippen LogP contribution in [0.1, 0.15) is 27.2 Å². The van der Waals surface area contributed by atoms with Gasteiger partial charge in [0, 0.05) is 18.6 Å². The van der Waals surface area contributed by atoms with Crippen LogP contribution in [0, 0.1) is 11.3 Å². The first-order valence-electron chi connectivity index (χ1n) is 6.06. The summed E-state index contributed by atoms with van der Waals surface area (Å²) in [7, 11) is 0. The Kier molecular flexibility index (Phi) is 5.20. The molecule has 1 rings (SSSR count). The van der Waals surface area contributed by atoms with E-state index in [1.807, 2.05) is 0 Å². The van der Waals surface area contributed by atoms with Gasteiger partial charge in [0.15, 0.2) is 0 Å². The lowest BCUT2D eigenvalue weighted by molar-refractivity contribution is -0.0523. The number of nitrogens with one attached hydrogen (secondary N) is 1. The molecule has 0 radical (unpaired) electrons. The van der Waals surface area contributed by atoms with E-state index in [-0.39, 0.29) is 11.6 Å². The fourth-order valence-corrected chi connectivity index (χ4v) is 1.92. The van der Waals surface area contributed by atoms with Gasteiger partial charge in [0.1, 0.15) is 6.04 Å². The minimum Gasteiger partial charge on any atom is -0.378 e. The molecule has 0 aromatic rings. The maximum absolute atomic E-state index is 9.08. The Morgan fingerprint density at radius 1 is 1.56 bits per heavy atom. The number of morpholine rings is 1. The normalized spacial score (nSPS) is 22.6. The fourth-order valence-electron chi connectivity index (χ4n) is 1.92. The monoisotopic (exact) mass is 225 g/mol. The molecule has 0 aromatic heterocycles. The van der Waals surface area contributed by atoms with Gasteiger partial charge in [-0.2, -0.15) is 5.26 Å². The van der Waals surface area contributed by atoms with Gasteiger partial charge in [-0.25, -0.2) is 0 Å². The number of ether oxygens (including phenoxy) is 1. The molecule has 4 nitrogen and oxygen atoms in total. The van der Waals surface area contributed by atoms with Gasteiger partial charge in [-0.15, -0.1) is 0 Å². The van der Waals surface area contributed by atoms with E-state index in [1.54, 1.807) is 0 Å². The van der Waals surface area contributed by atoms with Crippen molar-refractivity contribution < 1.29 is 4.74 Å². The Morgan fingerprint density at radius 3 is 2.88 bits per heavy atom. The SMILES string of the molecule is CCCNC(C#N)CN1CCOCC1(C)C. The van der Waals surface area contributed by atoms with Gasteiger partial charge in [0.05, 0.1) is 19.3 Å². The zero-order chi connectivity index (χ0) is 12.0. The van der Waals surface area contributed by atoms with Crippen LogP contribution >= 0.6 is 0 Å². The summed E-state index contributed by atoms with van der Waals surface area (Å²) in [5, 5.41) is 12.3. The van der Waals surface area contributed by atoms with Crippen molar-refractivity contribution in [3.05, 3.63) is 0 Å². The minimum atomic E-state index is -0.0719. The van der Waals surface area contributed by atoms with Gasteiger partial charge >= 0.3 is 0 Å². The first-order chi connectivity index (χ1) is 7.60. The van der Waals surface area contributed by atoms with E-state index in [9.17, 15) is 0 Å². The molecule has 1 saturated heterocycles. The lowest BCUT2D eigenvalue weighted by Crippen LogP contribution is -2.56. The molecule has 92 valence electrons. The maximum atomic E-state index is 9.08. The summed E-state index contributed by atoms with van der Waals surface area (Å²) < 4.78 is 5.47. The number of nitriles is 1. The Balaban J connectivity index is 2.47. The third-order valence-electron chi connectivity index (χ3n) is 3.02. The summed E-state index contributed by atoms with van der Waals surface area (Å²) in [5.41, 5.74) is 0.0429. The van der Waals surface area contributed by atoms with E-state index in [4.69, 9.17) is 10.00 Å². The van der Waals surface area contributed by atoms with Crippen molar-refractivity contribution >= 4 is 0 Å². The third-order valence-corrected chi connectivity index (χ3v) is 3.02. The minimum absolute atomic E-state index is 0.0429. The summed E-state index contributed by atoms with van der Waals surface area (Å²) in [6.45, 7) is 10.6. The predicted molar refractivity (Wildman–Crippen MR) is 64.2 cm³/mol. The molecule has 0 bridgehead atoms. The Hall–Kier alpha value is -0.630. The van der Waals surface area contributed by atoms with Crippen molar-refractivity contribution in [2.45, 2.75) is 38.8 Å². The highest BCUT2D eigenvalue weighted by Gasteiger charge is 2.31. The third kappa shape index (κ3) is 3.75. The predicted octanol–water partition coefficient (Wildman–Crippen LogP) is 0.989. The van der Waals surface area contributed by atoms with E-state index in [1.165, 1.54) is 0 Å². The molecule has 1 aliphatic rings. The van der Waals surface area contributed by atoms with E-state index >= 15 is 0 Å². The molecule has 0 saturated carbocycles. The van der Waals surface area contributed by atoms with Crippen molar-refractivity contribution in [2.24, 2.45) is 0 Å². The second-order valence-electron chi connectivity index (χ2n) is 4.95. The Morgan fingerprint density at radius 2 is 2.31 bits per heavy atom. The second kappa shape index (κ2) is 6.19. The largest absolute Gasteiger partial charge is 0.378 e. The molecule has 1 fully saturated rings. The van der Waals surface area contributed by atoms with Crippen LogP contribution in [-0.2, 0) is 4.74 Å². The standard InChI is InChI=1S/C12H23N3O/c1-4-5-14-11(8-13)9-15-6-7-16-10-12(15,2)3/h11,14H,4-7,9-10H2,1-3H3. The Labute approximate surface area is 98.6 Å². The number of hydrogen-bond donors (Lipinski definition) is 1. The highest BCUT2D eigenvalue weighted by molar-refractivity contribution is 4.96. The van der Waals surface area contributed by atoms with Crippen LogP contribution in [0.15, 0.2) is 0 Å². The van der Waals surface area contributed by atoms with Gasteiger partial charge in [-0.05, 0) is 26.8 Å². The van der Waals surface area contributed by atoms with Gasteiger partial charge in [0.25, 0.3) is 0 Å². The van der Waals surface area contributed by atoms with Gasteiger partial charge in [-0.1, -0.05) is 6.92 Å². The van der Waals surface area contributed by atoms with Crippen molar-refractivity contribution in [3.63, 3.8) is 0 Å². The molecular formula is C12H23N3O. The number of nitrogens with zero attached hydrogens (tertiary/aromatic N) is 2. The van der Waals surface area contributed by atoms with Gasteiger partial charge < -0.3 is 10.1 Å². The van der Waals surface area contributed by atoms with Crippen molar-refractivity contribution in [1.82, 2.24) is 10.2 Å². The molecular weight excluding hydrogens is 202 g/mol. The molecule has 1 unspecified atom stereocenters. The molecule has 1 atom stereocenters. The molecule has 0 amide bonds. The quantitative estimate of drug-likeness (QED) is 0.758. The molecule has 0 aromatic carbocycles. The van der Waals surface area contributed by atoms with E-state index in [0.717, 1.165) is 39.3 Å². The highest BCUT2D eigenvalue weighted by atomic mass is 16.5. The zero-order valence-electron chi connectivity index (χ0n) is 10.6. The van der Waals surface area contributed by atoms with E-state index in [2.05, 4.69) is 37.1 Å². The number of rotatable bonds is 5. The lowest BCUT2D eigenvalue weighted by atomic mass is 10.0. The number of hydrogen-bond acceptors (Lipinski definition) is 4. The molecule has 1 aliphatic heterocycles. The van der Waals surface area contributed by atoms with Gasteiger partial charge in [-0.3, -0.25) is 4.90 Å². The van der Waals surface area contributed by atoms with Crippen LogP contribution < -0.4 is 5.32 Å². The summed E-state index contributed by atoms with van der Waals surface area (Å²) >= 11 is 0. The molecule has 1 heterocycles. The van der Waals surface area contributed by atoms with Crippen LogP contribution in [0.4, 0.5) is 0 Å². The first-order valence-corrected chi connectivity index (χ1v) is 6.06. The average Bonchev–Trinajstić information content (AvgIpc) is 2.26. The summed E-state index contributed by atoms with van der Waals surface area (Å²) in [4.78, 5) is 2.34. The molecule has 1 N–H and O–H groups in total. The topological polar surface area (TPSA) is 48.3 Å². The smallest absolute Gasteiger partial charge is 0.108 e. The average molecular weight is 225 g/mol. The summed E-state index contributed by atoms with van der Waals surface area (Å²) in [5.74, 6) is 0. The van der Waals surface area contributed by atoms with E-state index < -0.39 is 0 Å². The van der Waals surface area contributed by atoms with E-state index in [0.29, 0.717) is 0 Å². The van der Waals surface area contributed by atoms with Crippen molar-refractivity contribution in [3.8, 4) is 6.07 Å². The second-order valence-corrected chi connectivity index (χ2v) is 4.95. The molecule has 16 heavy (non-hydrogen) atoms. The zero-order valence-corrected chi connectivity index (χ0v) is 10.6. The van der Waals surface area contributed by atoms with Crippen LogP contribution in [0.5, 0.6) is 0 Å². The molecule has 0 aliphatic carbocycles. The van der Waals surface area contributed by atoms with Crippen LogP contribution in [0.25, 0.3) is 0 Å². The molecule has 0 spiro atoms. The first kappa shape index (κ1) is 13.4. The van der Waals surface area contributed by atoms with Crippen molar-refractivity contribution in [2.75, 3.05) is 32.8 Å². The van der Waals surface area contributed by atoms with Crippen LogP contribution in [0.2, 0.25) is 0 Å². The van der Waals surface area contributed by atoms with Crippen LogP contribution in [-0.4, -0.2) is 49.3 Å². The lowest BCUT2D eigenvalue weighted by Gasteiger charge is -2.42.